The molecule has 150 valence electrons. The van der Waals surface area contributed by atoms with Gasteiger partial charge in [-0.05, 0) is 43.0 Å². The minimum Gasteiger partial charge on any atom is -0.352 e. The van der Waals surface area contributed by atoms with Crippen molar-refractivity contribution in [1.82, 2.24) is 5.32 Å². The van der Waals surface area contributed by atoms with Gasteiger partial charge in [-0.25, -0.2) is 8.42 Å². The molecule has 6 nitrogen and oxygen atoms in total. The van der Waals surface area contributed by atoms with Crippen molar-refractivity contribution in [3.05, 3.63) is 65.7 Å². The third-order valence-electron chi connectivity index (χ3n) is 4.06. The molecule has 2 aromatic carbocycles. The summed E-state index contributed by atoms with van der Waals surface area (Å²) in [6, 6.07) is 16.1. The van der Waals surface area contributed by atoms with Crippen molar-refractivity contribution in [2.45, 2.75) is 26.2 Å². The summed E-state index contributed by atoms with van der Waals surface area (Å²) in [5.41, 5.74) is 1.88. The number of hydrogen-bond donors (Lipinski definition) is 2. The number of carbonyl (C=O) groups excluding carboxylic acids is 2. The highest BCUT2D eigenvalue weighted by molar-refractivity contribution is 7.92. The Morgan fingerprint density at radius 1 is 1.00 bits per heavy atom. The number of amides is 2. The predicted molar refractivity (Wildman–Crippen MR) is 111 cm³/mol. The van der Waals surface area contributed by atoms with Crippen molar-refractivity contribution in [2.75, 3.05) is 23.4 Å². The van der Waals surface area contributed by atoms with Crippen LogP contribution < -0.4 is 10.6 Å². The summed E-state index contributed by atoms with van der Waals surface area (Å²) >= 11 is 0. The lowest BCUT2D eigenvalue weighted by atomic mass is 10.1. The van der Waals surface area contributed by atoms with Crippen LogP contribution in [0.2, 0.25) is 0 Å². The minimum absolute atomic E-state index is 0.0468. The third-order valence-corrected chi connectivity index (χ3v) is 5.67. The Labute approximate surface area is 166 Å². The lowest BCUT2D eigenvalue weighted by molar-refractivity contribution is -0.113. The first-order chi connectivity index (χ1) is 13.4. The van der Waals surface area contributed by atoms with E-state index in [1.54, 1.807) is 18.2 Å². The number of anilines is 1. The van der Waals surface area contributed by atoms with Gasteiger partial charge in [0.25, 0.3) is 5.91 Å². The van der Waals surface area contributed by atoms with E-state index in [1.165, 1.54) is 6.07 Å². The van der Waals surface area contributed by atoms with Gasteiger partial charge in [0.05, 0.1) is 5.75 Å². The highest BCUT2D eigenvalue weighted by Crippen LogP contribution is 2.11. The first kappa shape index (κ1) is 21.6. The molecule has 2 amide bonds. The summed E-state index contributed by atoms with van der Waals surface area (Å²) in [6.45, 7) is 2.52. The molecule has 0 radical (unpaired) electrons. The van der Waals surface area contributed by atoms with Crippen LogP contribution in [0.1, 0.15) is 35.7 Å². The van der Waals surface area contributed by atoms with Crippen LogP contribution in [-0.4, -0.2) is 38.3 Å². The topological polar surface area (TPSA) is 92.3 Å². The number of aryl methyl sites for hydroxylation is 1. The Morgan fingerprint density at radius 2 is 1.75 bits per heavy atom. The fourth-order valence-corrected chi connectivity index (χ4v) is 3.89. The molecule has 0 saturated heterocycles. The van der Waals surface area contributed by atoms with E-state index in [-0.39, 0.29) is 11.7 Å². The first-order valence-corrected chi connectivity index (χ1v) is 11.1. The second kappa shape index (κ2) is 10.6. The fourth-order valence-electron chi connectivity index (χ4n) is 2.69. The summed E-state index contributed by atoms with van der Waals surface area (Å²) in [5, 5.41) is 5.32. The van der Waals surface area contributed by atoms with Gasteiger partial charge in [0, 0.05) is 17.8 Å². The van der Waals surface area contributed by atoms with Crippen LogP contribution in [0.15, 0.2) is 54.6 Å². The van der Waals surface area contributed by atoms with Crippen molar-refractivity contribution in [1.29, 1.82) is 0 Å². The minimum atomic E-state index is -3.50. The van der Waals surface area contributed by atoms with Crippen molar-refractivity contribution >= 4 is 27.3 Å². The molecule has 0 aliphatic carbocycles. The highest BCUT2D eigenvalue weighted by atomic mass is 32.2. The Kier molecular flexibility index (Phi) is 8.19. The summed E-state index contributed by atoms with van der Waals surface area (Å²) in [4.78, 5) is 24.1. The van der Waals surface area contributed by atoms with E-state index in [0.717, 1.165) is 12.0 Å². The summed E-state index contributed by atoms with van der Waals surface area (Å²) < 4.78 is 24.4. The average Bonchev–Trinajstić information content (AvgIpc) is 2.66. The molecule has 0 spiro atoms. The van der Waals surface area contributed by atoms with Crippen molar-refractivity contribution in [3.8, 4) is 0 Å². The van der Waals surface area contributed by atoms with Crippen molar-refractivity contribution in [2.24, 2.45) is 0 Å². The zero-order valence-electron chi connectivity index (χ0n) is 16.0. The molecule has 0 aliphatic heterocycles. The van der Waals surface area contributed by atoms with Gasteiger partial charge < -0.3 is 10.6 Å². The number of carbonyl (C=O) groups is 2. The number of hydrogen-bond acceptors (Lipinski definition) is 4. The van der Waals surface area contributed by atoms with E-state index >= 15 is 0 Å². The predicted octanol–water partition coefficient (Wildman–Crippen LogP) is 2.81. The molecule has 2 rings (SSSR count). The second-order valence-electron chi connectivity index (χ2n) is 6.57. The molecular weight excluding hydrogens is 376 g/mol. The smallest absolute Gasteiger partial charge is 0.251 e. The van der Waals surface area contributed by atoms with Crippen LogP contribution in [0.3, 0.4) is 0 Å². The number of rotatable bonds is 10. The van der Waals surface area contributed by atoms with E-state index in [1.807, 2.05) is 37.3 Å². The van der Waals surface area contributed by atoms with E-state index in [4.69, 9.17) is 0 Å². The molecule has 0 atom stereocenters. The molecule has 0 fully saturated rings. The molecule has 2 aromatic rings. The maximum absolute atomic E-state index is 12.2. The van der Waals surface area contributed by atoms with E-state index in [0.29, 0.717) is 30.6 Å². The lowest BCUT2D eigenvalue weighted by Crippen LogP contribution is -2.26. The fraction of sp³-hybridized carbons (Fsp3) is 0.333. The van der Waals surface area contributed by atoms with Gasteiger partial charge in [-0.3, -0.25) is 9.59 Å². The molecule has 28 heavy (non-hydrogen) atoms. The molecule has 7 heteroatoms. The number of sulfone groups is 1. The maximum atomic E-state index is 12.2. The monoisotopic (exact) mass is 402 g/mol. The molecule has 0 aromatic heterocycles. The Balaban J connectivity index is 1.86. The van der Waals surface area contributed by atoms with Gasteiger partial charge in [0.15, 0.2) is 9.84 Å². The second-order valence-corrected chi connectivity index (χ2v) is 8.75. The van der Waals surface area contributed by atoms with Gasteiger partial charge in [0.1, 0.15) is 5.75 Å². The Morgan fingerprint density at radius 3 is 2.46 bits per heavy atom. The van der Waals surface area contributed by atoms with Gasteiger partial charge in [-0.15, -0.1) is 0 Å². The number of benzene rings is 2. The zero-order valence-corrected chi connectivity index (χ0v) is 16.8. The van der Waals surface area contributed by atoms with E-state index in [2.05, 4.69) is 10.6 Å². The Hall–Kier alpha value is -2.67. The summed E-state index contributed by atoms with van der Waals surface area (Å²) in [5.74, 6) is -1.46. The van der Waals surface area contributed by atoms with Crippen LogP contribution in [0, 0.1) is 0 Å². The summed E-state index contributed by atoms with van der Waals surface area (Å²) in [7, 11) is -3.50. The summed E-state index contributed by atoms with van der Waals surface area (Å²) in [6.07, 6.45) is 1.94. The maximum Gasteiger partial charge on any atom is 0.251 e. The number of nitrogens with one attached hydrogen (secondary N) is 2. The zero-order chi connectivity index (χ0) is 20.4. The average molecular weight is 403 g/mol. The normalized spacial score (nSPS) is 11.0. The van der Waals surface area contributed by atoms with Crippen molar-refractivity contribution in [3.63, 3.8) is 0 Å². The first-order valence-electron chi connectivity index (χ1n) is 9.32. The van der Waals surface area contributed by atoms with Crippen LogP contribution in [0.4, 0.5) is 5.69 Å². The van der Waals surface area contributed by atoms with Gasteiger partial charge in [-0.2, -0.15) is 0 Å². The molecule has 2 N–H and O–H groups in total. The van der Waals surface area contributed by atoms with Crippen LogP contribution in [0.25, 0.3) is 0 Å². The van der Waals surface area contributed by atoms with Crippen molar-refractivity contribution < 1.29 is 18.0 Å². The lowest BCUT2D eigenvalue weighted by Gasteiger charge is -2.09. The molecule has 0 aliphatic rings. The van der Waals surface area contributed by atoms with E-state index < -0.39 is 21.5 Å². The molecule has 0 bridgehead atoms. The van der Waals surface area contributed by atoms with Crippen LogP contribution >= 0.6 is 0 Å². The molecule has 0 saturated carbocycles. The Bertz CT molecular complexity index is 896. The largest absolute Gasteiger partial charge is 0.352 e. The molecule has 0 heterocycles. The standard InChI is InChI=1S/C21H26N2O4S/c1-2-13-22-21(25)18-11-6-12-19(15-18)23-20(24)16-28(26,27)14-7-10-17-8-4-3-5-9-17/h3-6,8-9,11-12,15H,2,7,10,13-14,16H2,1H3,(H,22,25)(H,23,24). The molecular formula is C21H26N2O4S. The quantitative estimate of drug-likeness (QED) is 0.639. The highest BCUT2D eigenvalue weighted by Gasteiger charge is 2.17. The van der Waals surface area contributed by atoms with Gasteiger partial charge in [0.2, 0.25) is 5.91 Å². The van der Waals surface area contributed by atoms with E-state index in [9.17, 15) is 18.0 Å². The van der Waals surface area contributed by atoms with Crippen LogP contribution in [0.5, 0.6) is 0 Å². The SMILES string of the molecule is CCCNC(=O)c1cccc(NC(=O)CS(=O)(=O)CCCc2ccccc2)c1. The van der Waals surface area contributed by atoms with Gasteiger partial charge in [-0.1, -0.05) is 43.3 Å². The molecule has 0 unspecified atom stereocenters. The van der Waals surface area contributed by atoms with Gasteiger partial charge >= 0.3 is 0 Å². The van der Waals surface area contributed by atoms with Crippen LogP contribution in [-0.2, 0) is 21.1 Å². The third kappa shape index (κ3) is 7.52.